The molecule has 0 radical (unpaired) electrons. The second-order valence-electron chi connectivity index (χ2n) is 3.53. The molecule has 0 unspecified atom stereocenters. The van der Waals surface area contributed by atoms with Crippen molar-refractivity contribution in [2.24, 2.45) is 0 Å². The fourth-order valence-corrected chi connectivity index (χ4v) is 2.75. The number of sulfonamides is 1. The van der Waals surface area contributed by atoms with Crippen LogP contribution < -0.4 is 9.41 Å². The highest BCUT2D eigenvalue weighted by molar-refractivity contribution is 7.92. The summed E-state index contributed by atoms with van der Waals surface area (Å²) in [6, 6.07) is 4.64. The Hall–Kier alpha value is -1.27. The molecule has 0 spiro atoms. The minimum Gasteiger partial charge on any atom is -0.548 e. The minimum atomic E-state index is -3.73. The highest BCUT2D eigenvalue weighted by atomic mass is 35.5. The van der Waals surface area contributed by atoms with E-state index < -0.39 is 22.0 Å². The molecule has 0 aromatic heterocycles. The zero-order valence-electron chi connectivity index (χ0n) is 9.25. The molecular weight excluding hydrogens is 266 g/mol. The first-order valence-corrected chi connectivity index (χ1v) is 6.92. The van der Waals surface area contributed by atoms with Crippen molar-refractivity contribution in [3.8, 4) is 0 Å². The molecule has 0 aliphatic rings. The van der Waals surface area contributed by atoms with Gasteiger partial charge in [-0.25, -0.2) is 8.42 Å². The normalized spacial score (nSPS) is 13.1. The van der Waals surface area contributed by atoms with Gasteiger partial charge in [0.05, 0.1) is 24.0 Å². The highest BCUT2D eigenvalue weighted by Crippen LogP contribution is 2.23. The Bertz CT molecular complexity index is 529. The van der Waals surface area contributed by atoms with E-state index in [1.807, 2.05) is 0 Å². The molecule has 0 N–H and O–H groups in total. The first-order chi connectivity index (χ1) is 7.73. The van der Waals surface area contributed by atoms with Crippen LogP contribution in [-0.2, 0) is 14.8 Å². The molecule has 0 fully saturated rings. The SMILES string of the molecule is C[C@@H](C(=O)[O-])N(c1cccc(Cl)c1)S(C)(=O)=O. The molecule has 1 atom stereocenters. The maximum atomic E-state index is 11.6. The lowest BCUT2D eigenvalue weighted by Crippen LogP contribution is -2.48. The van der Waals surface area contributed by atoms with Gasteiger partial charge < -0.3 is 9.90 Å². The van der Waals surface area contributed by atoms with Crippen molar-refractivity contribution in [1.29, 1.82) is 0 Å². The number of carboxylic acid groups (broad SMARTS) is 1. The van der Waals surface area contributed by atoms with Crippen molar-refractivity contribution >= 4 is 33.3 Å². The summed E-state index contributed by atoms with van der Waals surface area (Å²) >= 11 is 5.74. The maximum Gasteiger partial charge on any atom is 0.232 e. The highest BCUT2D eigenvalue weighted by Gasteiger charge is 2.24. The number of carbonyl (C=O) groups is 1. The zero-order chi connectivity index (χ0) is 13.2. The standard InChI is InChI=1S/C10H12ClNO4S/c1-7(10(13)14)12(17(2,15)16)9-5-3-4-8(11)6-9/h3-7H,1-2H3,(H,13,14)/p-1/t7-/m0/s1. The predicted octanol–water partition coefficient (Wildman–Crippen LogP) is 0.244. The van der Waals surface area contributed by atoms with Crippen molar-refractivity contribution < 1.29 is 18.3 Å². The Kier molecular flexibility index (Phi) is 4.00. The first-order valence-electron chi connectivity index (χ1n) is 4.69. The van der Waals surface area contributed by atoms with Crippen molar-refractivity contribution in [2.45, 2.75) is 13.0 Å². The Balaban J connectivity index is 3.30. The number of hydrogen-bond acceptors (Lipinski definition) is 4. The number of nitrogens with zero attached hydrogens (tertiary/aromatic N) is 1. The second-order valence-corrected chi connectivity index (χ2v) is 5.83. The molecule has 0 aliphatic carbocycles. The first kappa shape index (κ1) is 13.8. The van der Waals surface area contributed by atoms with Crippen LogP contribution in [0, 0.1) is 0 Å². The van der Waals surface area contributed by atoms with Crippen LogP contribution in [0.1, 0.15) is 6.92 Å². The quantitative estimate of drug-likeness (QED) is 0.789. The Morgan fingerprint density at radius 3 is 2.47 bits per heavy atom. The summed E-state index contributed by atoms with van der Waals surface area (Å²) in [5.74, 6) is -1.48. The van der Waals surface area contributed by atoms with Crippen LogP contribution in [0.3, 0.4) is 0 Å². The van der Waals surface area contributed by atoms with E-state index in [1.165, 1.54) is 25.1 Å². The van der Waals surface area contributed by atoms with Crippen molar-refractivity contribution in [3.63, 3.8) is 0 Å². The molecule has 1 aromatic rings. The van der Waals surface area contributed by atoms with Gasteiger partial charge in [0.1, 0.15) is 0 Å². The molecule has 94 valence electrons. The molecule has 0 saturated heterocycles. The number of carboxylic acids is 1. The minimum absolute atomic E-state index is 0.191. The maximum absolute atomic E-state index is 11.6. The van der Waals surface area contributed by atoms with Gasteiger partial charge in [-0.3, -0.25) is 4.31 Å². The molecule has 1 aromatic carbocycles. The lowest BCUT2D eigenvalue weighted by atomic mass is 10.2. The zero-order valence-corrected chi connectivity index (χ0v) is 10.8. The molecular formula is C10H11ClNO4S-. The predicted molar refractivity (Wildman–Crippen MR) is 63.2 cm³/mol. The van der Waals surface area contributed by atoms with E-state index >= 15 is 0 Å². The van der Waals surface area contributed by atoms with E-state index in [4.69, 9.17) is 11.6 Å². The van der Waals surface area contributed by atoms with Gasteiger partial charge in [0, 0.05) is 5.02 Å². The molecule has 0 bridgehead atoms. The van der Waals surface area contributed by atoms with Gasteiger partial charge in [0.25, 0.3) is 0 Å². The molecule has 0 amide bonds. The number of halogens is 1. The van der Waals surface area contributed by atoms with Crippen LogP contribution >= 0.6 is 11.6 Å². The van der Waals surface area contributed by atoms with E-state index in [1.54, 1.807) is 6.07 Å². The number of carbonyl (C=O) groups excluding carboxylic acids is 1. The lowest BCUT2D eigenvalue weighted by Gasteiger charge is -2.29. The van der Waals surface area contributed by atoms with Crippen LogP contribution in [0.4, 0.5) is 5.69 Å². The lowest BCUT2D eigenvalue weighted by molar-refractivity contribution is -0.306. The summed E-state index contributed by atoms with van der Waals surface area (Å²) in [6.07, 6.45) is 0.924. The number of hydrogen-bond donors (Lipinski definition) is 0. The van der Waals surface area contributed by atoms with Crippen molar-refractivity contribution in [3.05, 3.63) is 29.3 Å². The van der Waals surface area contributed by atoms with E-state index in [2.05, 4.69) is 0 Å². The van der Waals surface area contributed by atoms with E-state index in [0.29, 0.717) is 5.02 Å². The van der Waals surface area contributed by atoms with Crippen molar-refractivity contribution in [2.75, 3.05) is 10.6 Å². The topological polar surface area (TPSA) is 77.5 Å². The molecule has 1 rings (SSSR count). The monoisotopic (exact) mass is 276 g/mol. The average Bonchev–Trinajstić information content (AvgIpc) is 2.15. The van der Waals surface area contributed by atoms with Gasteiger partial charge in [0.2, 0.25) is 10.0 Å². The summed E-state index contributed by atoms with van der Waals surface area (Å²) in [5.41, 5.74) is 0.191. The molecule has 17 heavy (non-hydrogen) atoms. The molecule has 0 saturated carbocycles. The number of aliphatic carboxylic acids is 1. The smallest absolute Gasteiger partial charge is 0.232 e. The third kappa shape index (κ3) is 3.34. The number of benzene rings is 1. The molecule has 0 heterocycles. The number of anilines is 1. The van der Waals surface area contributed by atoms with Crippen LogP contribution in [-0.4, -0.2) is 26.7 Å². The Labute approximate surface area is 105 Å². The summed E-state index contributed by atoms with van der Waals surface area (Å²) in [7, 11) is -3.73. The van der Waals surface area contributed by atoms with Crippen LogP contribution in [0.25, 0.3) is 0 Å². The molecule has 5 nitrogen and oxygen atoms in total. The van der Waals surface area contributed by atoms with Gasteiger partial charge in [-0.15, -0.1) is 0 Å². The van der Waals surface area contributed by atoms with E-state index in [0.717, 1.165) is 10.6 Å². The van der Waals surface area contributed by atoms with Crippen LogP contribution in [0.5, 0.6) is 0 Å². The third-order valence-electron chi connectivity index (χ3n) is 2.11. The van der Waals surface area contributed by atoms with E-state index in [9.17, 15) is 18.3 Å². The summed E-state index contributed by atoms with van der Waals surface area (Å²) in [6.45, 7) is 1.23. The van der Waals surface area contributed by atoms with Gasteiger partial charge in [-0.2, -0.15) is 0 Å². The summed E-state index contributed by atoms with van der Waals surface area (Å²) in [4.78, 5) is 10.8. The van der Waals surface area contributed by atoms with Crippen LogP contribution in [0.15, 0.2) is 24.3 Å². The fourth-order valence-electron chi connectivity index (χ4n) is 1.41. The fraction of sp³-hybridized carbons (Fsp3) is 0.300. The molecule has 7 heteroatoms. The van der Waals surface area contributed by atoms with E-state index in [-0.39, 0.29) is 5.69 Å². The Morgan fingerprint density at radius 2 is 2.06 bits per heavy atom. The van der Waals surface area contributed by atoms with Gasteiger partial charge >= 0.3 is 0 Å². The number of rotatable bonds is 4. The molecule has 0 aliphatic heterocycles. The summed E-state index contributed by atoms with van der Waals surface area (Å²) in [5, 5.41) is 11.1. The van der Waals surface area contributed by atoms with Crippen LogP contribution in [0.2, 0.25) is 5.02 Å². The van der Waals surface area contributed by atoms with Gasteiger partial charge in [0.15, 0.2) is 0 Å². The average molecular weight is 277 g/mol. The third-order valence-corrected chi connectivity index (χ3v) is 3.59. The Morgan fingerprint density at radius 1 is 1.47 bits per heavy atom. The van der Waals surface area contributed by atoms with Crippen molar-refractivity contribution in [1.82, 2.24) is 0 Å². The largest absolute Gasteiger partial charge is 0.548 e. The summed E-state index contributed by atoms with van der Waals surface area (Å²) < 4.78 is 23.9. The van der Waals surface area contributed by atoms with Gasteiger partial charge in [-0.05, 0) is 25.1 Å². The van der Waals surface area contributed by atoms with Gasteiger partial charge in [-0.1, -0.05) is 17.7 Å². The second kappa shape index (κ2) is 4.93.